The van der Waals surface area contributed by atoms with Crippen molar-refractivity contribution in [2.75, 3.05) is 5.33 Å². The van der Waals surface area contributed by atoms with E-state index >= 15 is 0 Å². The Kier molecular flexibility index (Phi) is 1.25. The summed E-state index contributed by atoms with van der Waals surface area (Å²) in [5, 5.41) is 0.958. The average molecular weight is 225 g/mol. The average Bonchev–Trinajstić information content (AvgIpc) is 2.75. The fourth-order valence-electron chi connectivity index (χ4n) is 2.10. The van der Waals surface area contributed by atoms with E-state index in [1.165, 1.54) is 11.1 Å². The summed E-state index contributed by atoms with van der Waals surface area (Å²) in [7, 11) is 0. The van der Waals surface area contributed by atoms with Gasteiger partial charge in [-0.2, -0.15) is 0 Å². The van der Waals surface area contributed by atoms with Crippen LogP contribution < -0.4 is 0 Å². The lowest BCUT2D eigenvalue weighted by atomic mass is 10.1. The van der Waals surface area contributed by atoms with Crippen molar-refractivity contribution in [1.29, 1.82) is 0 Å². The highest BCUT2D eigenvalue weighted by Gasteiger charge is 2.61. The highest BCUT2D eigenvalue weighted by Crippen LogP contribution is 2.58. The molecule has 0 spiro atoms. The summed E-state index contributed by atoms with van der Waals surface area (Å²) >= 11 is 3.51. The van der Waals surface area contributed by atoms with E-state index in [1.54, 1.807) is 0 Å². The topological polar surface area (TPSA) is 12.5 Å². The number of alkyl halides is 1. The van der Waals surface area contributed by atoms with Crippen molar-refractivity contribution in [3.8, 4) is 0 Å². The first kappa shape index (κ1) is 7.10. The fraction of sp³-hybridized carbons (Fsp3) is 0.400. The van der Waals surface area contributed by atoms with Crippen LogP contribution >= 0.6 is 15.9 Å². The summed E-state index contributed by atoms with van der Waals surface area (Å²) in [5.74, 6) is 0. The van der Waals surface area contributed by atoms with Gasteiger partial charge in [0, 0.05) is 11.8 Å². The Hall–Kier alpha value is -0.340. The second kappa shape index (κ2) is 2.12. The molecule has 0 bridgehead atoms. The maximum absolute atomic E-state index is 5.67. The predicted molar refractivity (Wildman–Crippen MR) is 50.5 cm³/mol. The minimum Gasteiger partial charge on any atom is -0.360 e. The Morgan fingerprint density at radius 2 is 2.33 bits per heavy atom. The molecule has 1 saturated heterocycles. The molecule has 1 nitrogen and oxygen atoms in total. The van der Waals surface area contributed by atoms with Gasteiger partial charge in [0.05, 0.1) is 0 Å². The normalized spacial score (nSPS) is 35.9. The summed E-state index contributed by atoms with van der Waals surface area (Å²) < 4.78 is 5.67. The summed E-state index contributed by atoms with van der Waals surface area (Å²) in [5.41, 5.74) is 2.99. The van der Waals surface area contributed by atoms with E-state index in [0.29, 0.717) is 6.10 Å². The molecule has 0 N–H and O–H groups in total. The standard InChI is InChI=1S/C10H9BrO/c11-6-10-5-7-3-1-2-4-8(7)9(10)12-10/h1-4,9H,5-6H2. The van der Waals surface area contributed by atoms with Crippen molar-refractivity contribution >= 4 is 15.9 Å². The molecule has 2 aliphatic rings. The number of epoxide rings is 1. The van der Waals surface area contributed by atoms with E-state index in [-0.39, 0.29) is 5.60 Å². The maximum Gasteiger partial charge on any atom is 0.114 e. The maximum atomic E-state index is 5.67. The van der Waals surface area contributed by atoms with Crippen LogP contribution in [0.4, 0.5) is 0 Å². The third-order valence-corrected chi connectivity index (χ3v) is 3.78. The molecule has 2 unspecified atom stereocenters. The quantitative estimate of drug-likeness (QED) is 0.528. The van der Waals surface area contributed by atoms with Crippen LogP contribution in [0.1, 0.15) is 17.2 Å². The van der Waals surface area contributed by atoms with Crippen LogP contribution in [-0.4, -0.2) is 10.9 Å². The van der Waals surface area contributed by atoms with Gasteiger partial charge in [-0.3, -0.25) is 0 Å². The number of hydrogen-bond donors (Lipinski definition) is 0. The van der Waals surface area contributed by atoms with Crippen molar-refractivity contribution in [2.24, 2.45) is 0 Å². The number of benzene rings is 1. The van der Waals surface area contributed by atoms with E-state index in [1.807, 2.05) is 0 Å². The first-order valence-electron chi connectivity index (χ1n) is 4.17. The van der Waals surface area contributed by atoms with Crippen LogP contribution in [0.3, 0.4) is 0 Å². The summed E-state index contributed by atoms with van der Waals surface area (Å²) in [4.78, 5) is 0. The molecule has 1 aromatic carbocycles. The summed E-state index contributed by atoms with van der Waals surface area (Å²) in [6, 6.07) is 8.57. The third-order valence-electron chi connectivity index (χ3n) is 2.83. The largest absolute Gasteiger partial charge is 0.360 e. The molecule has 0 aromatic heterocycles. The van der Waals surface area contributed by atoms with Crippen LogP contribution in [0.2, 0.25) is 0 Å². The molecule has 1 fully saturated rings. The molecule has 0 saturated carbocycles. The molecule has 2 heteroatoms. The van der Waals surface area contributed by atoms with Gasteiger partial charge in [-0.1, -0.05) is 40.2 Å². The lowest BCUT2D eigenvalue weighted by molar-refractivity contribution is 0.303. The SMILES string of the molecule is BrCC12Cc3ccccc3C1O2. The molecule has 62 valence electrons. The van der Waals surface area contributed by atoms with E-state index < -0.39 is 0 Å². The zero-order valence-electron chi connectivity index (χ0n) is 6.59. The van der Waals surface area contributed by atoms with E-state index in [4.69, 9.17) is 4.74 Å². The lowest BCUT2D eigenvalue weighted by Gasteiger charge is -2.03. The summed E-state index contributed by atoms with van der Waals surface area (Å²) in [6.07, 6.45) is 1.46. The summed E-state index contributed by atoms with van der Waals surface area (Å²) in [6.45, 7) is 0. The molecule has 0 radical (unpaired) electrons. The fourth-order valence-corrected chi connectivity index (χ4v) is 2.73. The van der Waals surface area contributed by atoms with Gasteiger partial charge in [-0.05, 0) is 11.1 Å². The molecular weight excluding hydrogens is 216 g/mol. The molecule has 3 rings (SSSR count). The molecule has 1 aromatic rings. The van der Waals surface area contributed by atoms with Gasteiger partial charge < -0.3 is 4.74 Å². The monoisotopic (exact) mass is 224 g/mol. The van der Waals surface area contributed by atoms with Crippen LogP contribution in [0.5, 0.6) is 0 Å². The number of hydrogen-bond acceptors (Lipinski definition) is 1. The van der Waals surface area contributed by atoms with Gasteiger partial charge >= 0.3 is 0 Å². The number of halogens is 1. The highest BCUT2D eigenvalue weighted by molar-refractivity contribution is 9.09. The van der Waals surface area contributed by atoms with Gasteiger partial charge in [0.2, 0.25) is 0 Å². The molecule has 0 amide bonds. The van der Waals surface area contributed by atoms with Crippen molar-refractivity contribution < 1.29 is 4.74 Å². The van der Waals surface area contributed by atoms with Gasteiger partial charge in [0.1, 0.15) is 11.7 Å². The minimum atomic E-state index is 0.129. The van der Waals surface area contributed by atoms with Crippen LogP contribution in [0, 0.1) is 0 Å². The Labute approximate surface area is 79.9 Å². The number of ether oxygens (including phenoxy) is 1. The zero-order chi connectivity index (χ0) is 8.18. The van der Waals surface area contributed by atoms with Gasteiger partial charge in [-0.15, -0.1) is 0 Å². The first-order valence-corrected chi connectivity index (χ1v) is 5.29. The van der Waals surface area contributed by atoms with E-state index in [0.717, 1.165) is 11.8 Å². The number of fused-ring (bicyclic) bond motifs is 3. The highest BCUT2D eigenvalue weighted by atomic mass is 79.9. The molecule has 2 atom stereocenters. The van der Waals surface area contributed by atoms with Gasteiger partial charge in [0.25, 0.3) is 0 Å². The Balaban J connectivity index is 2.08. The van der Waals surface area contributed by atoms with E-state index in [2.05, 4.69) is 40.2 Å². The Morgan fingerprint density at radius 1 is 1.50 bits per heavy atom. The molecule has 1 heterocycles. The third kappa shape index (κ3) is 0.723. The molecule has 1 aliphatic heterocycles. The second-order valence-electron chi connectivity index (χ2n) is 3.57. The predicted octanol–water partition coefficient (Wildman–Crippen LogP) is 2.45. The van der Waals surface area contributed by atoms with Gasteiger partial charge in [-0.25, -0.2) is 0 Å². The zero-order valence-corrected chi connectivity index (χ0v) is 8.17. The van der Waals surface area contributed by atoms with Crippen molar-refractivity contribution in [1.82, 2.24) is 0 Å². The number of rotatable bonds is 1. The van der Waals surface area contributed by atoms with Crippen molar-refractivity contribution in [3.05, 3.63) is 35.4 Å². The minimum absolute atomic E-state index is 0.129. The van der Waals surface area contributed by atoms with Crippen molar-refractivity contribution in [3.63, 3.8) is 0 Å². The first-order chi connectivity index (χ1) is 5.86. The Morgan fingerprint density at radius 3 is 3.08 bits per heavy atom. The van der Waals surface area contributed by atoms with Crippen LogP contribution in [0.25, 0.3) is 0 Å². The van der Waals surface area contributed by atoms with Crippen molar-refractivity contribution in [2.45, 2.75) is 18.1 Å². The van der Waals surface area contributed by atoms with E-state index in [9.17, 15) is 0 Å². The second-order valence-corrected chi connectivity index (χ2v) is 4.13. The molecular formula is C10H9BrO. The molecule has 12 heavy (non-hydrogen) atoms. The lowest BCUT2D eigenvalue weighted by Crippen LogP contribution is -2.12. The molecule has 1 aliphatic carbocycles. The van der Waals surface area contributed by atoms with Gasteiger partial charge in [0.15, 0.2) is 0 Å². The van der Waals surface area contributed by atoms with Crippen LogP contribution in [-0.2, 0) is 11.2 Å². The smallest absolute Gasteiger partial charge is 0.114 e. The van der Waals surface area contributed by atoms with Crippen LogP contribution in [0.15, 0.2) is 24.3 Å². The Bertz CT molecular complexity index is 336.